The minimum atomic E-state index is -0.00174. The fourth-order valence-electron chi connectivity index (χ4n) is 1.70. The van der Waals surface area contributed by atoms with Crippen molar-refractivity contribution < 1.29 is 5.21 Å². The maximum absolute atomic E-state index is 9.61. The van der Waals surface area contributed by atoms with Gasteiger partial charge in [-0.05, 0) is 12.8 Å². The maximum Gasteiger partial charge on any atom is 0.0579 e. The number of rotatable bonds is 2. The molecule has 0 radical (unpaired) electrons. The van der Waals surface area contributed by atoms with Crippen molar-refractivity contribution in [3.05, 3.63) is 0 Å². The van der Waals surface area contributed by atoms with Crippen molar-refractivity contribution in [2.75, 3.05) is 19.6 Å². The van der Waals surface area contributed by atoms with Gasteiger partial charge in [-0.3, -0.25) is 0 Å². The van der Waals surface area contributed by atoms with Crippen LogP contribution >= 0.6 is 0 Å². The van der Waals surface area contributed by atoms with Crippen molar-refractivity contribution in [1.29, 1.82) is 0 Å². The summed E-state index contributed by atoms with van der Waals surface area (Å²) in [7, 11) is 0. The smallest absolute Gasteiger partial charge is 0.0579 e. The van der Waals surface area contributed by atoms with Gasteiger partial charge in [0.2, 0.25) is 0 Å². The van der Waals surface area contributed by atoms with Gasteiger partial charge in [0, 0.05) is 19.6 Å². The molecule has 0 atom stereocenters. The molecule has 0 saturated carbocycles. The topological polar surface area (TPSA) is 35.5 Å². The largest absolute Gasteiger partial charge is 0.313 e. The highest BCUT2D eigenvalue weighted by atomic mass is 16.5. The Kier molecular flexibility index (Phi) is 2.87. The molecular weight excluding hydrogens is 140 g/mol. The lowest BCUT2D eigenvalue weighted by Crippen LogP contribution is -2.59. The lowest BCUT2D eigenvalue weighted by Gasteiger charge is -2.42. The molecule has 1 heterocycles. The second-order valence-corrected chi connectivity index (χ2v) is 3.23. The van der Waals surface area contributed by atoms with E-state index < -0.39 is 0 Å². The van der Waals surface area contributed by atoms with Crippen LogP contribution in [0.1, 0.15) is 26.7 Å². The molecule has 0 unspecified atom stereocenters. The van der Waals surface area contributed by atoms with E-state index in [0.29, 0.717) is 0 Å². The summed E-state index contributed by atoms with van der Waals surface area (Å²) in [5, 5.41) is 14.4. The van der Waals surface area contributed by atoms with Crippen LogP contribution in [-0.4, -0.2) is 35.4 Å². The van der Waals surface area contributed by atoms with Gasteiger partial charge in [0.15, 0.2) is 0 Å². The molecule has 1 rings (SSSR count). The molecule has 0 bridgehead atoms. The second-order valence-electron chi connectivity index (χ2n) is 3.23. The third-order valence-electron chi connectivity index (χ3n) is 2.82. The van der Waals surface area contributed by atoms with Crippen LogP contribution in [-0.2, 0) is 0 Å². The minimum absolute atomic E-state index is 0.00174. The summed E-state index contributed by atoms with van der Waals surface area (Å²) >= 11 is 0. The molecule has 66 valence electrons. The lowest BCUT2D eigenvalue weighted by atomic mass is 9.91. The number of nitrogens with one attached hydrogen (secondary N) is 1. The fourth-order valence-corrected chi connectivity index (χ4v) is 1.70. The highest BCUT2D eigenvalue weighted by molar-refractivity contribution is 4.89. The number of hydrogen-bond acceptors (Lipinski definition) is 3. The Morgan fingerprint density at radius 1 is 1.45 bits per heavy atom. The van der Waals surface area contributed by atoms with Crippen LogP contribution in [0.25, 0.3) is 0 Å². The van der Waals surface area contributed by atoms with Gasteiger partial charge < -0.3 is 10.5 Å². The molecule has 1 saturated heterocycles. The Hall–Kier alpha value is -0.120. The normalized spacial score (nSPS) is 25.4. The average Bonchev–Trinajstić information content (AvgIpc) is 2.06. The molecule has 1 fully saturated rings. The van der Waals surface area contributed by atoms with E-state index in [1.807, 2.05) is 0 Å². The number of hydrogen-bond donors (Lipinski definition) is 2. The molecule has 0 spiro atoms. The van der Waals surface area contributed by atoms with Crippen LogP contribution in [0.5, 0.6) is 0 Å². The first-order chi connectivity index (χ1) is 5.25. The van der Waals surface area contributed by atoms with Crippen molar-refractivity contribution >= 4 is 0 Å². The average molecular weight is 158 g/mol. The van der Waals surface area contributed by atoms with Gasteiger partial charge in [-0.15, -0.1) is 0 Å². The molecular formula is C8H18N2O. The molecule has 2 N–H and O–H groups in total. The summed E-state index contributed by atoms with van der Waals surface area (Å²) < 4.78 is 0. The molecule has 0 aromatic rings. The summed E-state index contributed by atoms with van der Waals surface area (Å²) in [4.78, 5) is 0. The van der Waals surface area contributed by atoms with E-state index in [1.54, 1.807) is 0 Å². The Labute approximate surface area is 68.3 Å². The van der Waals surface area contributed by atoms with Gasteiger partial charge in [0.25, 0.3) is 0 Å². The zero-order valence-corrected chi connectivity index (χ0v) is 7.43. The molecule has 1 aliphatic heterocycles. The number of piperazine rings is 1. The first-order valence-corrected chi connectivity index (χ1v) is 4.42. The second kappa shape index (κ2) is 3.52. The molecule has 1 aliphatic rings. The van der Waals surface area contributed by atoms with E-state index >= 15 is 0 Å². The standard InChI is InChI=1S/C8H18N2O/c1-3-8(4-2)7-9-5-6-10(8)11/h9,11H,3-7H2,1-2H3. The maximum atomic E-state index is 9.61. The first kappa shape index (κ1) is 8.97. The quantitative estimate of drug-likeness (QED) is 0.625. The van der Waals surface area contributed by atoms with Gasteiger partial charge in [-0.1, -0.05) is 13.8 Å². The van der Waals surface area contributed by atoms with Gasteiger partial charge in [-0.2, -0.15) is 5.06 Å². The fraction of sp³-hybridized carbons (Fsp3) is 1.00. The van der Waals surface area contributed by atoms with E-state index in [9.17, 15) is 5.21 Å². The van der Waals surface area contributed by atoms with Crippen molar-refractivity contribution in [2.24, 2.45) is 0 Å². The number of hydroxylamine groups is 2. The van der Waals surface area contributed by atoms with E-state index in [1.165, 1.54) is 5.06 Å². The van der Waals surface area contributed by atoms with Crippen molar-refractivity contribution in [1.82, 2.24) is 10.4 Å². The molecule has 0 aromatic heterocycles. The molecule has 11 heavy (non-hydrogen) atoms. The van der Waals surface area contributed by atoms with Crippen LogP contribution in [0.15, 0.2) is 0 Å². The summed E-state index contributed by atoms with van der Waals surface area (Å²) in [6.45, 7) is 6.82. The lowest BCUT2D eigenvalue weighted by molar-refractivity contribution is -0.186. The molecule has 3 heteroatoms. The van der Waals surface area contributed by atoms with Crippen LogP contribution in [0.2, 0.25) is 0 Å². The Balaban J connectivity index is 2.61. The third-order valence-corrected chi connectivity index (χ3v) is 2.82. The SMILES string of the molecule is CCC1(CC)CNCCN1O. The minimum Gasteiger partial charge on any atom is -0.313 e. The van der Waals surface area contributed by atoms with Crippen molar-refractivity contribution in [2.45, 2.75) is 32.2 Å². The van der Waals surface area contributed by atoms with Gasteiger partial charge >= 0.3 is 0 Å². The summed E-state index contributed by atoms with van der Waals surface area (Å²) in [5.74, 6) is 0. The van der Waals surface area contributed by atoms with Crippen LogP contribution in [0.3, 0.4) is 0 Å². The molecule has 3 nitrogen and oxygen atoms in total. The first-order valence-electron chi connectivity index (χ1n) is 4.42. The molecule has 0 aromatic carbocycles. The van der Waals surface area contributed by atoms with Crippen molar-refractivity contribution in [3.63, 3.8) is 0 Å². The third kappa shape index (κ3) is 1.55. The highest BCUT2D eigenvalue weighted by Gasteiger charge is 2.34. The Morgan fingerprint density at radius 2 is 2.09 bits per heavy atom. The molecule has 0 aliphatic carbocycles. The van der Waals surface area contributed by atoms with Crippen LogP contribution < -0.4 is 5.32 Å². The zero-order valence-electron chi connectivity index (χ0n) is 7.43. The van der Waals surface area contributed by atoms with Gasteiger partial charge in [-0.25, -0.2) is 0 Å². The predicted molar refractivity (Wildman–Crippen MR) is 44.7 cm³/mol. The van der Waals surface area contributed by atoms with Crippen molar-refractivity contribution in [3.8, 4) is 0 Å². The molecule has 0 amide bonds. The van der Waals surface area contributed by atoms with Crippen LogP contribution in [0, 0.1) is 0 Å². The van der Waals surface area contributed by atoms with E-state index in [4.69, 9.17) is 0 Å². The predicted octanol–water partition coefficient (Wildman–Crippen LogP) is 0.840. The Bertz CT molecular complexity index is 123. The zero-order chi connectivity index (χ0) is 8.32. The highest BCUT2D eigenvalue weighted by Crippen LogP contribution is 2.22. The summed E-state index contributed by atoms with van der Waals surface area (Å²) in [5.41, 5.74) is -0.00174. The van der Waals surface area contributed by atoms with E-state index in [0.717, 1.165) is 32.5 Å². The Morgan fingerprint density at radius 3 is 2.45 bits per heavy atom. The van der Waals surface area contributed by atoms with E-state index in [-0.39, 0.29) is 5.54 Å². The number of nitrogens with zero attached hydrogens (tertiary/aromatic N) is 1. The summed E-state index contributed by atoms with van der Waals surface area (Å²) in [6.07, 6.45) is 2.01. The van der Waals surface area contributed by atoms with E-state index in [2.05, 4.69) is 19.2 Å². The van der Waals surface area contributed by atoms with Gasteiger partial charge in [0.05, 0.1) is 5.54 Å². The van der Waals surface area contributed by atoms with Gasteiger partial charge in [0.1, 0.15) is 0 Å². The van der Waals surface area contributed by atoms with Crippen LogP contribution in [0.4, 0.5) is 0 Å². The monoisotopic (exact) mass is 158 g/mol. The summed E-state index contributed by atoms with van der Waals surface area (Å²) in [6, 6.07) is 0.